The number of methoxy groups -OCH3 is 3. The zero-order chi connectivity index (χ0) is 18.7. The molecule has 0 fully saturated rings. The highest BCUT2D eigenvalue weighted by Crippen LogP contribution is 2.43. The minimum absolute atomic E-state index is 0.0422. The number of aromatic nitrogens is 1. The highest BCUT2D eigenvalue weighted by atomic mass is 32.1. The van der Waals surface area contributed by atoms with Crippen LogP contribution in [0.2, 0.25) is 0 Å². The molecule has 0 aliphatic heterocycles. The Bertz CT molecular complexity index is 918. The van der Waals surface area contributed by atoms with E-state index < -0.39 is 5.97 Å². The molecule has 130 valence electrons. The first-order valence-electron chi connectivity index (χ1n) is 7.10. The molecule has 1 aromatic heterocycles. The van der Waals surface area contributed by atoms with Crippen LogP contribution in [0, 0.1) is 22.9 Å². The van der Waals surface area contributed by atoms with Crippen molar-refractivity contribution in [2.75, 3.05) is 21.3 Å². The summed E-state index contributed by atoms with van der Waals surface area (Å²) in [7, 11) is 4.37. The van der Waals surface area contributed by atoms with Gasteiger partial charge in [0, 0.05) is 11.3 Å². The Kier molecular flexibility index (Phi) is 5.29. The first-order chi connectivity index (χ1) is 11.9. The van der Waals surface area contributed by atoms with E-state index in [2.05, 4.69) is 4.98 Å². The number of carbonyl (C=O) groups is 1. The monoisotopic (exact) mass is 360 g/mol. The van der Waals surface area contributed by atoms with Crippen LogP contribution in [0.3, 0.4) is 0 Å². The van der Waals surface area contributed by atoms with Gasteiger partial charge in [-0.25, -0.2) is 4.79 Å². The van der Waals surface area contributed by atoms with Gasteiger partial charge in [-0.3, -0.25) is 0 Å². The quantitative estimate of drug-likeness (QED) is 0.788. The summed E-state index contributed by atoms with van der Waals surface area (Å²) in [6.07, 6.45) is 0. The van der Waals surface area contributed by atoms with Gasteiger partial charge in [0.15, 0.2) is 11.5 Å². The first-order valence-corrected chi connectivity index (χ1v) is 7.51. The van der Waals surface area contributed by atoms with E-state index in [1.54, 1.807) is 19.1 Å². The molecule has 8 heteroatoms. The number of hydrogen-bond acceptors (Lipinski definition) is 6. The number of H-pyrrole nitrogens is 1. The molecular weight excluding hydrogens is 344 g/mol. The van der Waals surface area contributed by atoms with E-state index in [1.807, 2.05) is 6.07 Å². The molecule has 0 aliphatic rings. The lowest BCUT2D eigenvalue weighted by atomic mass is 9.94. The third kappa shape index (κ3) is 3.14. The number of pyridine rings is 1. The maximum absolute atomic E-state index is 11.8. The topological polar surface area (TPSA) is 105 Å². The number of nitrogens with one attached hydrogen (secondary N) is 1. The number of hydrogen-bond donors (Lipinski definition) is 2. The first kappa shape index (κ1) is 18.3. The van der Waals surface area contributed by atoms with Gasteiger partial charge >= 0.3 is 5.97 Å². The van der Waals surface area contributed by atoms with Crippen molar-refractivity contribution in [1.82, 2.24) is 4.98 Å². The summed E-state index contributed by atoms with van der Waals surface area (Å²) in [6.45, 7) is 1.59. The number of rotatable bonds is 5. The third-order valence-electron chi connectivity index (χ3n) is 3.68. The zero-order valence-corrected chi connectivity index (χ0v) is 14.9. The predicted molar refractivity (Wildman–Crippen MR) is 93.1 cm³/mol. The van der Waals surface area contributed by atoms with Gasteiger partial charge < -0.3 is 24.3 Å². The van der Waals surface area contributed by atoms with Crippen LogP contribution in [0.5, 0.6) is 17.2 Å². The number of aryl methyl sites for hydroxylation is 1. The molecule has 0 aliphatic carbocycles. The van der Waals surface area contributed by atoms with Gasteiger partial charge in [0.05, 0.1) is 32.5 Å². The highest BCUT2D eigenvalue weighted by molar-refractivity contribution is 7.71. The lowest BCUT2D eigenvalue weighted by Crippen LogP contribution is -2.08. The van der Waals surface area contributed by atoms with E-state index in [0.29, 0.717) is 28.5 Å². The highest BCUT2D eigenvalue weighted by Gasteiger charge is 2.23. The summed E-state index contributed by atoms with van der Waals surface area (Å²) in [5.74, 6) is -0.132. The Hall–Kier alpha value is -3.05. The van der Waals surface area contributed by atoms with E-state index in [0.717, 1.165) is 0 Å². The molecule has 0 spiro atoms. The molecule has 2 N–H and O–H groups in total. The SMILES string of the molecule is COc1cc(-c2c(C(=O)O)c(C)[nH]c(=S)c2C#N)cc(OC)c1OC. The molecule has 0 saturated carbocycles. The van der Waals surface area contributed by atoms with Crippen molar-refractivity contribution in [3.8, 4) is 34.4 Å². The van der Waals surface area contributed by atoms with Crippen LogP contribution in [0.4, 0.5) is 0 Å². The van der Waals surface area contributed by atoms with Gasteiger partial charge in [-0.15, -0.1) is 0 Å². The minimum Gasteiger partial charge on any atom is -0.493 e. The largest absolute Gasteiger partial charge is 0.493 e. The molecule has 0 bridgehead atoms. The van der Waals surface area contributed by atoms with Crippen molar-refractivity contribution in [2.24, 2.45) is 0 Å². The fourth-order valence-corrected chi connectivity index (χ4v) is 2.91. The Morgan fingerprint density at radius 3 is 2.16 bits per heavy atom. The lowest BCUT2D eigenvalue weighted by Gasteiger charge is -2.17. The second-order valence-corrected chi connectivity index (χ2v) is 5.44. The van der Waals surface area contributed by atoms with Crippen LogP contribution in [-0.4, -0.2) is 37.4 Å². The van der Waals surface area contributed by atoms with Crippen molar-refractivity contribution < 1.29 is 24.1 Å². The number of nitriles is 1. The Morgan fingerprint density at radius 1 is 1.20 bits per heavy atom. The summed E-state index contributed by atoms with van der Waals surface area (Å²) >= 11 is 5.19. The minimum atomic E-state index is -1.18. The third-order valence-corrected chi connectivity index (χ3v) is 3.99. The fraction of sp³-hybridized carbons (Fsp3) is 0.235. The van der Waals surface area contributed by atoms with Crippen molar-refractivity contribution in [2.45, 2.75) is 6.92 Å². The molecule has 0 amide bonds. The van der Waals surface area contributed by atoms with Gasteiger partial charge in [0.1, 0.15) is 10.7 Å². The van der Waals surface area contributed by atoms with Crippen molar-refractivity contribution in [3.05, 3.63) is 33.6 Å². The van der Waals surface area contributed by atoms with Crippen LogP contribution in [0.1, 0.15) is 21.6 Å². The predicted octanol–water partition coefficient (Wildman–Crippen LogP) is 3.32. The second kappa shape index (κ2) is 7.23. The summed E-state index contributed by atoms with van der Waals surface area (Å²) in [5, 5.41) is 19.1. The molecule has 7 nitrogen and oxygen atoms in total. The standard InChI is InChI=1S/C17H16N2O5S/c1-8-13(17(20)21)14(10(7-18)16(25)19-8)9-5-11(22-2)15(24-4)12(6-9)23-3/h5-6H,1-4H3,(H,19,25)(H,20,21). The van der Waals surface area contributed by atoms with Crippen molar-refractivity contribution in [1.29, 1.82) is 5.26 Å². The number of carboxylic acids is 1. The number of carboxylic acid groups (broad SMARTS) is 1. The van der Waals surface area contributed by atoms with E-state index in [1.165, 1.54) is 21.3 Å². The summed E-state index contributed by atoms with van der Waals surface area (Å²) in [5.41, 5.74) is 0.995. The molecule has 25 heavy (non-hydrogen) atoms. The van der Waals surface area contributed by atoms with Gasteiger partial charge in [0.25, 0.3) is 0 Å². The smallest absolute Gasteiger partial charge is 0.338 e. The van der Waals surface area contributed by atoms with Crippen LogP contribution in [0.15, 0.2) is 12.1 Å². The number of ether oxygens (including phenoxy) is 3. The summed E-state index contributed by atoms with van der Waals surface area (Å²) in [4.78, 5) is 14.5. The van der Waals surface area contributed by atoms with E-state index in [-0.39, 0.29) is 21.3 Å². The van der Waals surface area contributed by atoms with Crippen molar-refractivity contribution >= 4 is 18.2 Å². The zero-order valence-electron chi connectivity index (χ0n) is 14.1. The van der Waals surface area contributed by atoms with Crippen LogP contribution in [0.25, 0.3) is 11.1 Å². The average molecular weight is 360 g/mol. The summed E-state index contributed by atoms with van der Waals surface area (Å²) < 4.78 is 16.0. The molecule has 2 aromatic rings. The molecular formula is C17H16N2O5S. The van der Waals surface area contributed by atoms with E-state index in [9.17, 15) is 15.2 Å². The Morgan fingerprint density at radius 2 is 1.76 bits per heavy atom. The number of aromatic amines is 1. The van der Waals surface area contributed by atoms with Crippen molar-refractivity contribution in [3.63, 3.8) is 0 Å². The maximum atomic E-state index is 11.8. The van der Waals surface area contributed by atoms with Crippen LogP contribution < -0.4 is 14.2 Å². The average Bonchev–Trinajstić information content (AvgIpc) is 2.59. The fourth-order valence-electron chi connectivity index (χ4n) is 2.61. The molecule has 0 saturated heterocycles. The molecule has 0 atom stereocenters. The van der Waals surface area contributed by atoms with Gasteiger partial charge in [-0.2, -0.15) is 5.26 Å². The van der Waals surface area contributed by atoms with Gasteiger partial charge in [-0.1, -0.05) is 12.2 Å². The van der Waals surface area contributed by atoms with Gasteiger partial charge in [-0.05, 0) is 24.6 Å². The maximum Gasteiger partial charge on any atom is 0.338 e. The molecule has 1 aromatic carbocycles. The number of nitrogens with zero attached hydrogens (tertiary/aromatic N) is 1. The van der Waals surface area contributed by atoms with E-state index >= 15 is 0 Å². The molecule has 0 unspecified atom stereocenters. The van der Waals surface area contributed by atoms with Crippen LogP contribution >= 0.6 is 12.2 Å². The summed E-state index contributed by atoms with van der Waals surface area (Å²) in [6, 6.07) is 5.14. The second-order valence-electron chi connectivity index (χ2n) is 5.04. The number of benzene rings is 1. The Balaban J connectivity index is 2.98. The molecule has 2 rings (SSSR count). The normalized spacial score (nSPS) is 10.0. The molecule has 0 radical (unpaired) electrons. The van der Waals surface area contributed by atoms with Crippen LogP contribution in [-0.2, 0) is 0 Å². The van der Waals surface area contributed by atoms with Gasteiger partial charge in [0.2, 0.25) is 5.75 Å². The molecule has 1 heterocycles. The Labute approximate surface area is 149 Å². The number of aromatic carboxylic acids is 1. The van der Waals surface area contributed by atoms with E-state index in [4.69, 9.17) is 26.4 Å². The lowest BCUT2D eigenvalue weighted by molar-refractivity contribution is 0.0696.